The number of carbonyl (C=O) groups excluding carboxylic acids is 2. The van der Waals surface area contributed by atoms with Gasteiger partial charge in [-0.2, -0.15) is 5.48 Å². The predicted molar refractivity (Wildman–Crippen MR) is 140 cm³/mol. The van der Waals surface area contributed by atoms with E-state index in [1.54, 1.807) is 0 Å². The third-order valence-electron chi connectivity index (χ3n) is 8.58. The maximum Gasteiger partial charge on any atom is 0.238 e. The molecule has 10 nitrogen and oxygen atoms in total. The van der Waals surface area contributed by atoms with Gasteiger partial charge in [-0.3, -0.25) is 35.7 Å². The molecule has 1 aliphatic carbocycles. The van der Waals surface area contributed by atoms with Crippen LogP contribution < -0.4 is 32.1 Å². The highest BCUT2D eigenvalue weighted by Crippen LogP contribution is 2.32. The summed E-state index contributed by atoms with van der Waals surface area (Å²) in [5, 5.41) is 16.2. The quantitative estimate of drug-likeness (QED) is 0.255. The molecule has 38 heavy (non-hydrogen) atoms. The maximum atomic E-state index is 14.5. The van der Waals surface area contributed by atoms with Crippen LogP contribution in [-0.2, 0) is 14.4 Å². The Kier molecular flexibility index (Phi) is 10.3. The molecule has 3 aliphatic heterocycles. The van der Waals surface area contributed by atoms with E-state index >= 15 is 0 Å². The molecular weight excluding hydrogens is 496 g/mol. The number of alkyl halides is 2. The van der Waals surface area contributed by atoms with Gasteiger partial charge in [0.2, 0.25) is 11.8 Å². The number of likely N-dealkylation sites (tertiary alicyclic amines) is 1. The minimum absolute atomic E-state index is 0.0148. The smallest absolute Gasteiger partial charge is 0.238 e. The zero-order chi connectivity index (χ0) is 27.4. The third-order valence-corrected chi connectivity index (χ3v) is 8.58. The molecule has 6 N–H and O–H groups in total. The van der Waals surface area contributed by atoms with Crippen molar-refractivity contribution in [1.82, 2.24) is 37.0 Å². The summed E-state index contributed by atoms with van der Waals surface area (Å²) in [6.07, 6.45) is 0.724. The molecule has 0 spiro atoms. The molecule has 0 aromatic heterocycles. The Bertz CT molecular complexity index is 809. The van der Waals surface area contributed by atoms with Crippen molar-refractivity contribution in [3.8, 4) is 0 Å². The van der Waals surface area contributed by atoms with E-state index in [9.17, 15) is 18.4 Å². The van der Waals surface area contributed by atoms with Gasteiger partial charge in [0, 0.05) is 37.5 Å². The van der Waals surface area contributed by atoms with Crippen molar-refractivity contribution >= 4 is 11.8 Å². The van der Waals surface area contributed by atoms with Gasteiger partial charge in [0.05, 0.1) is 30.8 Å². The lowest BCUT2D eigenvalue weighted by Crippen LogP contribution is -2.59. The minimum atomic E-state index is -1.17. The molecule has 10 atom stereocenters. The van der Waals surface area contributed by atoms with Crippen LogP contribution in [0.1, 0.15) is 72.6 Å². The average Bonchev–Trinajstić information content (AvgIpc) is 3.54. The van der Waals surface area contributed by atoms with Gasteiger partial charge in [0.25, 0.3) is 0 Å². The van der Waals surface area contributed by atoms with Gasteiger partial charge in [0.1, 0.15) is 12.3 Å². The summed E-state index contributed by atoms with van der Waals surface area (Å²) in [6.45, 7) is 9.29. The summed E-state index contributed by atoms with van der Waals surface area (Å²) in [7, 11) is 0. The van der Waals surface area contributed by atoms with Crippen molar-refractivity contribution in [1.29, 1.82) is 0 Å². The molecule has 1 saturated carbocycles. The van der Waals surface area contributed by atoms with Crippen molar-refractivity contribution in [2.75, 3.05) is 13.1 Å². The molecule has 12 heteroatoms. The van der Waals surface area contributed by atoms with Crippen molar-refractivity contribution < 1.29 is 23.2 Å². The molecule has 0 aromatic carbocycles. The summed E-state index contributed by atoms with van der Waals surface area (Å²) in [5.41, 5.74) is 2.93. The standard InChI is InChI=1S/C26H47F2N7O3/c1-14(2)23-33-26(38-34-23)32-20(12-22(36)35-10-6-5-7-15(35)3)25(37)30-16(4)24-29-13-21(31-24)18-9-8-17(27)11-19(18)28/h14-21,23-24,26,29,31-34H,5-13H2,1-4H3,(H,30,37)/t15-,16+,17?,18?,19?,20-,21?,23?,24?,26?/m0/s1. The van der Waals surface area contributed by atoms with E-state index in [-0.39, 0.29) is 66.9 Å². The first-order valence-electron chi connectivity index (χ1n) is 14.4. The first kappa shape index (κ1) is 29.5. The normalized spacial score (nSPS) is 37.8. The Labute approximate surface area is 225 Å². The topological polar surface area (TPSA) is 119 Å². The Morgan fingerprint density at radius 2 is 1.87 bits per heavy atom. The van der Waals surface area contributed by atoms with Gasteiger partial charge in [0.15, 0.2) is 6.35 Å². The number of nitrogens with one attached hydrogen (secondary N) is 6. The lowest BCUT2D eigenvalue weighted by molar-refractivity contribution is -0.138. The summed E-state index contributed by atoms with van der Waals surface area (Å²) in [6, 6.07) is -1.10. The van der Waals surface area contributed by atoms with E-state index < -0.39 is 24.7 Å². The summed E-state index contributed by atoms with van der Waals surface area (Å²) in [4.78, 5) is 34.2. The van der Waals surface area contributed by atoms with E-state index in [1.165, 1.54) is 0 Å². The van der Waals surface area contributed by atoms with Crippen molar-refractivity contribution in [2.24, 2.45) is 11.8 Å². The fourth-order valence-corrected chi connectivity index (χ4v) is 6.10. The molecule has 0 radical (unpaired) electrons. The van der Waals surface area contributed by atoms with Crippen LogP contribution in [0.3, 0.4) is 0 Å². The van der Waals surface area contributed by atoms with Gasteiger partial charge >= 0.3 is 0 Å². The highest BCUT2D eigenvalue weighted by atomic mass is 19.1. The molecule has 3 heterocycles. The first-order chi connectivity index (χ1) is 18.1. The van der Waals surface area contributed by atoms with Crippen molar-refractivity contribution in [2.45, 2.75) is 128 Å². The van der Waals surface area contributed by atoms with Crippen molar-refractivity contribution in [3.63, 3.8) is 0 Å². The second-order valence-corrected chi connectivity index (χ2v) is 11.9. The molecule has 7 unspecified atom stereocenters. The van der Waals surface area contributed by atoms with Gasteiger partial charge in [-0.1, -0.05) is 13.8 Å². The highest BCUT2D eigenvalue weighted by molar-refractivity contribution is 5.88. The second-order valence-electron chi connectivity index (χ2n) is 11.9. The first-order valence-corrected chi connectivity index (χ1v) is 14.4. The lowest BCUT2D eigenvalue weighted by atomic mass is 9.82. The zero-order valence-electron chi connectivity index (χ0n) is 23.1. The van der Waals surface area contributed by atoms with E-state index in [2.05, 4.69) is 39.0 Å². The van der Waals surface area contributed by atoms with E-state index in [0.29, 0.717) is 25.9 Å². The number of rotatable bonds is 9. The molecule has 4 rings (SSSR count). The van der Waals surface area contributed by atoms with Crippen LogP contribution in [0.5, 0.6) is 0 Å². The molecule has 0 aromatic rings. The fraction of sp³-hybridized carbons (Fsp3) is 0.923. The predicted octanol–water partition coefficient (Wildman–Crippen LogP) is 0.994. The van der Waals surface area contributed by atoms with Gasteiger partial charge in [-0.15, -0.1) is 0 Å². The Morgan fingerprint density at radius 3 is 2.55 bits per heavy atom. The van der Waals surface area contributed by atoms with Crippen LogP contribution >= 0.6 is 0 Å². The Balaban J connectivity index is 1.35. The second kappa shape index (κ2) is 13.3. The van der Waals surface area contributed by atoms with Gasteiger partial charge in [-0.25, -0.2) is 8.78 Å². The van der Waals surface area contributed by atoms with E-state index in [0.717, 1.165) is 19.3 Å². The van der Waals surface area contributed by atoms with Gasteiger partial charge in [-0.05, 0) is 51.9 Å². The number of amides is 2. The van der Waals surface area contributed by atoms with Crippen molar-refractivity contribution in [3.05, 3.63) is 0 Å². The molecule has 218 valence electrons. The molecule has 2 amide bonds. The van der Waals surface area contributed by atoms with Crippen LogP contribution in [0.2, 0.25) is 0 Å². The largest absolute Gasteiger partial charge is 0.349 e. The monoisotopic (exact) mass is 543 g/mol. The van der Waals surface area contributed by atoms with Crippen LogP contribution in [0.4, 0.5) is 8.78 Å². The number of halogens is 2. The van der Waals surface area contributed by atoms with Crippen LogP contribution in [0.25, 0.3) is 0 Å². The van der Waals surface area contributed by atoms with Crippen LogP contribution in [0.15, 0.2) is 0 Å². The fourth-order valence-electron chi connectivity index (χ4n) is 6.10. The summed E-state index contributed by atoms with van der Waals surface area (Å²) < 4.78 is 28.1. The molecule has 3 saturated heterocycles. The molecular formula is C26H47F2N7O3. The zero-order valence-corrected chi connectivity index (χ0v) is 23.1. The van der Waals surface area contributed by atoms with Gasteiger partial charge < -0.3 is 10.2 Å². The number of hydrogen-bond donors (Lipinski definition) is 6. The number of carbonyl (C=O) groups is 2. The number of hydrogen-bond acceptors (Lipinski definition) is 8. The SMILES string of the molecule is CC(C)C1NOC(N[C@@H](CC(=O)N2CCCC[C@@H]2C)C(=O)N[C@H](C)C2NCC(C3CCC(F)CC3F)N2)N1. The highest BCUT2D eigenvalue weighted by Gasteiger charge is 2.41. The lowest BCUT2D eigenvalue weighted by Gasteiger charge is -2.35. The Morgan fingerprint density at radius 1 is 1.08 bits per heavy atom. The van der Waals surface area contributed by atoms with Crippen LogP contribution in [-0.4, -0.2) is 85.0 Å². The summed E-state index contributed by atoms with van der Waals surface area (Å²) in [5.74, 6) is -0.338. The number of nitrogens with zero attached hydrogens (tertiary/aromatic N) is 1. The van der Waals surface area contributed by atoms with E-state index in [1.807, 2.05) is 25.7 Å². The third kappa shape index (κ3) is 7.39. The van der Waals surface area contributed by atoms with E-state index in [4.69, 9.17) is 4.84 Å². The van der Waals surface area contributed by atoms with Crippen LogP contribution in [0, 0.1) is 11.8 Å². The maximum absolute atomic E-state index is 14.5. The minimum Gasteiger partial charge on any atom is -0.349 e. The molecule has 4 aliphatic rings. The number of piperidine rings is 1. The average molecular weight is 544 g/mol. The Hall–Kier alpha value is -1.44. The number of hydroxylamine groups is 1. The summed E-state index contributed by atoms with van der Waals surface area (Å²) >= 11 is 0. The molecule has 4 fully saturated rings. The molecule has 0 bridgehead atoms.